The maximum Gasteiger partial charge on any atom is 0.313 e. The molecule has 2 N–H and O–H groups in total. The zero-order valence-corrected chi connectivity index (χ0v) is 15.1. The van der Waals surface area contributed by atoms with Crippen LogP contribution in [0.3, 0.4) is 0 Å². The van der Waals surface area contributed by atoms with Gasteiger partial charge in [0.15, 0.2) is 0 Å². The highest BCUT2D eigenvalue weighted by atomic mass is 16.5. The maximum atomic E-state index is 12.0. The van der Waals surface area contributed by atoms with Crippen LogP contribution in [0.4, 0.5) is 5.69 Å². The summed E-state index contributed by atoms with van der Waals surface area (Å²) < 4.78 is 5.70. The highest BCUT2D eigenvalue weighted by molar-refractivity contribution is 6.39. The van der Waals surface area contributed by atoms with Gasteiger partial charge in [0, 0.05) is 5.69 Å². The second-order valence-corrected chi connectivity index (χ2v) is 6.10. The van der Waals surface area contributed by atoms with Gasteiger partial charge >= 0.3 is 11.8 Å². The first-order valence-corrected chi connectivity index (χ1v) is 8.24. The van der Waals surface area contributed by atoms with Crippen molar-refractivity contribution in [3.05, 3.63) is 58.7 Å². The normalized spacial score (nSPS) is 10.2. The molecule has 0 atom stereocenters. The molecule has 0 aliphatic rings. The number of carbonyl (C=O) groups excluding carboxylic acids is 2. The van der Waals surface area contributed by atoms with Crippen LogP contribution in [0.1, 0.15) is 22.3 Å². The molecule has 5 nitrogen and oxygen atoms in total. The van der Waals surface area contributed by atoms with E-state index in [-0.39, 0.29) is 6.54 Å². The van der Waals surface area contributed by atoms with Gasteiger partial charge in [-0.1, -0.05) is 30.3 Å². The van der Waals surface area contributed by atoms with E-state index in [1.165, 1.54) is 0 Å². The first kappa shape index (κ1) is 18.5. The molecule has 0 saturated carbocycles. The van der Waals surface area contributed by atoms with E-state index in [1.807, 2.05) is 64.1 Å². The molecule has 0 unspecified atom stereocenters. The molecule has 132 valence electrons. The summed E-state index contributed by atoms with van der Waals surface area (Å²) in [5, 5.41) is 5.21. The van der Waals surface area contributed by atoms with E-state index in [0.29, 0.717) is 12.3 Å². The van der Waals surface area contributed by atoms with Gasteiger partial charge in [0.05, 0.1) is 6.54 Å². The Hall–Kier alpha value is -2.82. The van der Waals surface area contributed by atoms with Crippen LogP contribution >= 0.6 is 0 Å². The second-order valence-electron chi connectivity index (χ2n) is 6.10. The van der Waals surface area contributed by atoms with E-state index in [0.717, 1.165) is 28.0 Å². The monoisotopic (exact) mass is 340 g/mol. The molecular formula is C20H24N2O3. The summed E-state index contributed by atoms with van der Waals surface area (Å²) in [6.45, 7) is 8.31. The fraction of sp³-hybridized carbons (Fsp3) is 0.300. The van der Waals surface area contributed by atoms with Gasteiger partial charge < -0.3 is 15.4 Å². The molecule has 0 fully saturated rings. The van der Waals surface area contributed by atoms with Crippen molar-refractivity contribution in [3.8, 4) is 5.75 Å². The standard InChI is InChI=1S/C20H24N2O3/c1-13-8-9-14(2)17(12-13)22-20(24)19(23)21-10-11-25-18-15(3)6-5-7-16(18)4/h5-9,12H,10-11H2,1-4H3,(H,21,23)(H,22,24). The Bertz CT molecular complexity index is 764. The summed E-state index contributed by atoms with van der Waals surface area (Å²) in [6, 6.07) is 11.6. The van der Waals surface area contributed by atoms with Gasteiger partial charge in [-0.25, -0.2) is 0 Å². The lowest BCUT2D eigenvalue weighted by molar-refractivity contribution is -0.136. The number of aryl methyl sites for hydroxylation is 4. The fourth-order valence-corrected chi connectivity index (χ4v) is 2.47. The van der Waals surface area contributed by atoms with Crippen molar-refractivity contribution >= 4 is 17.5 Å². The van der Waals surface area contributed by atoms with Crippen LogP contribution < -0.4 is 15.4 Å². The summed E-state index contributed by atoms with van der Waals surface area (Å²) in [5.74, 6) is -0.539. The van der Waals surface area contributed by atoms with Gasteiger partial charge in [-0.2, -0.15) is 0 Å². The maximum absolute atomic E-state index is 12.0. The Kier molecular flexibility index (Phi) is 6.17. The first-order valence-electron chi connectivity index (χ1n) is 8.24. The number of para-hydroxylation sites is 1. The van der Waals surface area contributed by atoms with E-state index in [4.69, 9.17) is 4.74 Å². The average molecular weight is 340 g/mol. The molecule has 2 amide bonds. The quantitative estimate of drug-likeness (QED) is 0.649. The van der Waals surface area contributed by atoms with E-state index in [2.05, 4.69) is 10.6 Å². The van der Waals surface area contributed by atoms with Gasteiger partial charge in [-0.05, 0) is 56.0 Å². The van der Waals surface area contributed by atoms with Gasteiger partial charge in [-0.3, -0.25) is 9.59 Å². The summed E-state index contributed by atoms with van der Waals surface area (Å²) in [5.41, 5.74) is 4.65. The number of ether oxygens (including phenoxy) is 1. The Balaban J connectivity index is 1.82. The third-order valence-corrected chi connectivity index (χ3v) is 3.89. The molecule has 0 saturated heterocycles. The average Bonchev–Trinajstić information content (AvgIpc) is 2.56. The van der Waals surface area contributed by atoms with Crippen LogP contribution in [0.5, 0.6) is 5.75 Å². The summed E-state index contributed by atoms with van der Waals surface area (Å²) in [6.07, 6.45) is 0. The summed E-state index contributed by atoms with van der Waals surface area (Å²) in [7, 11) is 0. The number of amides is 2. The van der Waals surface area contributed by atoms with Crippen LogP contribution in [-0.2, 0) is 9.59 Å². The first-order chi connectivity index (χ1) is 11.9. The Morgan fingerprint density at radius 3 is 2.28 bits per heavy atom. The van der Waals surface area contributed by atoms with Crippen molar-refractivity contribution in [1.82, 2.24) is 5.32 Å². The molecule has 0 spiro atoms. The number of hydrogen-bond donors (Lipinski definition) is 2. The Labute approximate surface area is 148 Å². The minimum Gasteiger partial charge on any atom is -0.491 e. The third-order valence-electron chi connectivity index (χ3n) is 3.89. The number of benzene rings is 2. The Morgan fingerprint density at radius 1 is 0.920 bits per heavy atom. The molecular weight excluding hydrogens is 316 g/mol. The molecule has 0 aromatic heterocycles. The fourth-order valence-electron chi connectivity index (χ4n) is 2.47. The highest BCUT2D eigenvalue weighted by Gasteiger charge is 2.14. The van der Waals surface area contributed by atoms with Gasteiger partial charge in [0.25, 0.3) is 0 Å². The third kappa shape index (κ3) is 5.08. The van der Waals surface area contributed by atoms with Crippen LogP contribution in [0.2, 0.25) is 0 Å². The molecule has 0 aliphatic carbocycles. The minimum atomic E-state index is -0.680. The summed E-state index contributed by atoms with van der Waals surface area (Å²) >= 11 is 0. The summed E-state index contributed by atoms with van der Waals surface area (Å²) in [4.78, 5) is 23.9. The highest BCUT2D eigenvalue weighted by Crippen LogP contribution is 2.21. The van der Waals surface area contributed by atoms with Crippen molar-refractivity contribution in [1.29, 1.82) is 0 Å². The molecule has 0 aliphatic heterocycles. The number of hydrogen-bond acceptors (Lipinski definition) is 3. The molecule has 0 bridgehead atoms. The van der Waals surface area contributed by atoms with Crippen LogP contribution in [-0.4, -0.2) is 25.0 Å². The van der Waals surface area contributed by atoms with Gasteiger partial charge in [-0.15, -0.1) is 0 Å². The molecule has 25 heavy (non-hydrogen) atoms. The number of anilines is 1. The van der Waals surface area contributed by atoms with Crippen LogP contribution in [0.25, 0.3) is 0 Å². The Morgan fingerprint density at radius 2 is 1.60 bits per heavy atom. The lowest BCUT2D eigenvalue weighted by atomic mass is 10.1. The number of carbonyl (C=O) groups is 2. The predicted molar refractivity (Wildman–Crippen MR) is 99.0 cm³/mol. The van der Waals surface area contributed by atoms with Gasteiger partial charge in [0.1, 0.15) is 12.4 Å². The minimum absolute atomic E-state index is 0.257. The zero-order chi connectivity index (χ0) is 18.4. The smallest absolute Gasteiger partial charge is 0.313 e. The molecule has 5 heteroatoms. The second kappa shape index (κ2) is 8.33. The van der Waals surface area contributed by atoms with Crippen molar-refractivity contribution in [3.63, 3.8) is 0 Å². The zero-order valence-electron chi connectivity index (χ0n) is 15.1. The van der Waals surface area contributed by atoms with Crippen molar-refractivity contribution in [2.24, 2.45) is 0 Å². The molecule has 2 aromatic rings. The lowest BCUT2D eigenvalue weighted by Crippen LogP contribution is -2.37. The van der Waals surface area contributed by atoms with Crippen LogP contribution in [0.15, 0.2) is 36.4 Å². The molecule has 2 aromatic carbocycles. The van der Waals surface area contributed by atoms with Crippen molar-refractivity contribution in [2.45, 2.75) is 27.7 Å². The van der Waals surface area contributed by atoms with Gasteiger partial charge in [0.2, 0.25) is 0 Å². The lowest BCUT2D eigenvalue weighted by Gasteiger charge is -2.12. The number of rotatable bonds is 5. The van der Waals surface area contributed by atoms with Crippen LogP contribution in [0, 0.1) is 27.7 Å². The van der Waals surface area contributed by atoms with E-state index < -0.39 is 11.8 Å². The molecule has 0 heterocycles. The number of nitrogens with one attached hydrogen (secondary N) is 2. The molecule has 2 rings (SSSR count). The largest absolute Gasteiger partial charge is 0.491 e. The van der Waals surface area contributed by atoms with Crippen molar-refractivity contribution < 1.29 is 14.3 Å². The van der Waals surface area contributed by atoms with E-state index in [1.54, 1.807) is 0 Å². The topological polar surface area (TPSA) is 67.4 Å². The predicted octanol–water partition coefficient (Wildman–Crippen LogP) is 3.05. The SMILES string of the molecule is Cc1ccc(C)c(NC(=O)C(=O)NCCOc2c(C)cccc2C)c1. The van der Waals surface area contributed by atoms with Crippen molar-refractivity contribution in [2.75, 3.05) is 18.5 Å². The molecule has 0 radical (unpaired) electrons. The van der Waals surface area contributed by atoms with E-state index in [9.17, 15) is 9.59 Å². The van der Waals surface area contributed by atoms with E-state index >= 15 is 0 Å².